The van der Waals surface area contributed by atoms with Crippen LogP contribution in [0.4, 0.5) is 0 Å². The summed E-state index contributed by atoms with van der Waals surface area (Å²) in [6.45, 7) is 4.13. The first-order chi connectivity index (χ1) is 7.71. The van der Waals surface area contributed by atoms with Gasteiger partial charge in [0.15, 0.2) is 0 Å². The van der Waals surface area contributed by atoms with Crippen LogP contribution >= 0.6 is 0 Å². The Morgan fingerprint density at radius 1 is 1.19 bits per heavy atom. The van der Waals surface area contributed by atoms with Crippen molar-refractivity contribution in [1.29, 1.82) is 0 Å². The van der Waals surface area contributed by atoms with Gasteiger partial charge in [-0.25, -0.2) is 0 Å². The van der Waals surface area contributed by atoms with Crippen molar-refractivity contribution in [2.24, 2.45) is 0 Å². The van der Waals surface area contributed by atoms with E-state index in [9.17, 15) is 0 Å². The van der Waals surface area contributed by atoms with Crippen LogP contribution in [-0.4, -0.2) is 14.2 Å². The molecule has 16 heavy (non-hydrogen) atoms. The van der Waals surface area contributed by atoms with Crippen molar-refractivity contribution in [3.63, 3.8) is 0 Å². The zero-order valence-corrected chi connectivity index (χ0v) is 10.1. The average Bonchev–Trinajstić information content (AvgIpc) is 2.65. The third-order valence-electron chi connectivity index (χ3n) is 2.84. The van der Waals surface area contributed by atoms with Gasteiger partial charge in [0.1, 0.15) is 22.8 Å². The highest BCUT2D eigenvalue weighted by Crippen LogP contribution is 2.36. The van der Waals surface area contributed by atoms with Gasteiger partial charge in [0.2, 0.25) is 0 Å². The number of furan rings is 1. The monoisotopic (exact) mass is 220 g/mol. The maximum Gasteiger partial charge on any atom is 0.141 e. The Balaban J connectivity index is 2.76. The van der Waals surface area contributed by atoms with Crippen LogP contribution in [0.2, 0.25) is 0 Å². The van der Waals surface area contributed by atoms with Gasteiger partial charge in [-0.05, 0) is 6.92 Å². The number of hydrogen-bond acceptors (Lipinski definition) is 3. The van der Waals surface area contributed by atoms with Gasteiger partial charge in [0, 0.05) is 24.1 Å². The van der Waals surface area contributed by atoms with Crippen LogP contribution in [-0.2, 0) is 6.42 Å². The minimum Gasteiger partial charge on any atom is -0.496 e. The summed E-state index contributed by atoms with van der Waals surface area (Å²) in [6, 6.07) is 3.77. The van der Waals surface area contributed by atoms with E-state index in [1.165, 1.54) is 0 Å². The molecule has 2 rings (SSSR count). The first-order valence-electron chi connectivity index (χ1n) is 5.35. The Morgan fingerprint density at radius 2 is 1.94 bits per heavy atom. The van der Waals surface area contributed by atoms with Crippen LogP contribution in [0.3, 0.4) is 0 Å². The SMILES string of the molecule is CCc1oc2cc(OC)cc(OC)c2c1C. The predicted molar refractivity (Wildman–Crippen MR) is 63.4 cm³/mol. The molecule has 0 atom stereocenters. The first kappa shape index (κ1) is 10.9. The second-order valence-electron chi connectivity index (χ2n) is 3.71. The maximum atomic E-state index is 5.77. The normalized spacial score (nSPS) is 10.8. The number of ether oxygens (including phenoxy) is 2. The predicted octanol–water partition coefficient (Wildman–Crippen LogP) is 3.32. The number of methoxy groups -OCH3 is 2. The molecular formula is C13H16O3. The largest absolute Gasteiger partial charge is 0.496 e. The number of aryl methyl sites for hydroxylation is 2. The lowest BCUT2D eigenvalue weighted by Crippen LogP contribution is -1.88. The molecule has 0 amide bonds. The lowest BCUT2D eigenvalue weighted by Gasteiger charge is -2.05. The van der Waals surface area contributed by atoms with Gasteiger partial charge in [0.25, 0.3) is 0 Å². The van der Waals surface area contributed by atoms with Gasteiger partial charge >= 0.3 is 0 Å². The molecule has 1 aromatic heterocycles. The van der Waals surface area contributed by atoms with Gasteiger partial charge < -0.3 is 13.9 Å². The van der Waals surface area contributed by atoms with Crippen LogP contribution in [0.1, 0.15) is 18.2 Å². The van der Waals surface area contributed by atoms with E-state index >= 15 is 0 Å². The molecule has 0 spiro atoms. The van der Waals surface area contributed by atoms with Crippen LogP contribution in [0.5, 0.6) is 11.5 Å². The van der Waals surface area contributed by atoms with Gasteiger partial charge in [-0.1, -0.05) is 6.92 Å². The molecule has 0 saturated carbocycles. The minimum atomic E-state index is 0.751. The Hall–Kier alpha value is -1.64. The molecule has 0 saturated heterocycles. The summed E-state index contributed by atoms with van der Waals surface area (Å²) in [4.78, 5) is 0. The fourth-order valence-corrected chi connectivity index (χ4v) is 1.98. The van der Waals surface area contributed by atoms with E-state index in [0.29, 0.717) is 0 Å². The molecule has 0 unspecified atom stereocenters. The highest BCUT2D eigenvalue weighted by molar-refractivity contribution is 5.89. The molecule has 2 aromatic rings. The summed E-state index contributed by atoms with van der Waals surface area (Å²) >= 11 is 0. The minimum absolute atomic E-state index is 0.751. The standard InChI is InChI=1S/C13H16O3/c1-5-10-8(2)13-11(15-4)6-9(14-3)7-12(13)16-10/h6-7H,5H2,1-4H3. The first-order valence-corrected chi connectivity index (χ1v) is 5.35. The Labute approximate surface area is 95.0 Å². The number of fused-ring (bicyclic) bond motifs is 1. The van der Waals surface area contributed by atoms with Crippen LogP contribution in [0.25, 0.3) is 11.0 Å². The third-order valence-corrected chi connectivity index (χ3v) is 2.84. The molecule has 3 heteroatoms. The van der Waals surface area contributed by atoms with Crippen molar-refractivity contribution in [2.75, 3.05) is 14.2 Å². The number of rotatable bonds is 3. The highest BCUT2D eigenvalue weighted by Gasteiger charge is 2.15. The van der Waals surface area contributed by atoms with E-state index < -0.39 is 0 Å². The average molecular weight is 220 g/mol. The number of benzene rings is 1. The fraction of sp³-hybridized carbons (Fsp3) is 0.385. The van der Waals surface area contributed by atoms with E-state index in [4.69, 9.17) is 13.9 Å². The summed E-state index contributed by atoms with van der Waals surface area (Å²) in [7, 11) is 3.30. The van der Waals surface area contributed by atoms with Gasteiger partial charge in [-0.3, -0.25) is 0 Å². The van der Waals surface area contributed by atoms with Crippen molar-refractivity contribution >= 4 is 11.0 Å². The quantitative estimate of drug-likeness (QED) is 0.795. The molecule has 0 radical (unpaired) electrons. The van der Waals surface area contributed by atoms with E-state index in [1.54, 1.807) is 14.2 Å². The van der Waals surface area contributed by atoms with Crippen LogP contribution in [0.15, 0.2) is 16.5 Å². The second-order valence-corrected chi connectivity index (χ2v) is 3.71. The van der Waals surface area contributed by atoms with Crippen molar-refractivity contribution in [1.82, 2.24) is 0 Å². The molecule has 0 aliphatic heterocycles. The molecular weight excluding hydrogens is 204 g/mol. The van der Waals surface area contributed by atoms with Crippen LogP contribution in [0, 0.1) is 6.92 Å². The summed E-state index contributed by atoms with van der Waals surface area (Å²) in [5.41, 5.74) is 1.97. The third kappa shape index (κ3) is 1.52. The van der Waals surface area contributed by atoms with Gasteiger partial charge in [0.05, 0.1) is 19.6 Å². The van der Waals surface area contributed by atoms with E-state index in [-0.39, 0.29) is 0 Å². The molecule has 3 nitrogen and oxygen atoms in total. The van der Waals surface area contributed by atoms with Crippen molar-refractivity contribution in [2.45, 2.75) is 20.3 Å². The molecule has 0 fully saturated rings. The van der Waals surface area contributed by atoms with E-state index in [1.807, 2.05) is 12.1 Å². The topological polar surface area (TPSA) is 31.6 Å². The lowest BCUT2D eigenvalue weighted by molar-refractivity contribution is 0.397. The van der Waals surface area contributed by atoms with Gasteiger partial charge in [-0.2, -0.15) is 0 Å². The van der Waals surface area contributed by atoms with E-state index in [0.717, 1.165) is 40.2 Å². The summed E-state index contributed by atoms with van der Waals surface area (Å²) < 4.78 is 16.3. The smallest absolute Gasteiger partial charge is 0.141 e. The zero-order chi connectivity index (χ0) is 11.7. The number of hydrogen-bond donors (Lipinski definition) is 0. The fourth-order valence-electron chi connectivity index (χ4n) is 1.98. The summed E-state index contributed by atoms with van der Waals surface area (Å²) in [6.07, 6.45) is 0.881. The molecule has 0 bridgehead atoms. The molecule has 86 valence electrons. The Kier molecular flexibility index (Phi) is 2.77. The van der Waals surface area contributed by atoms with Gasteiger partial charge in [-0.15, -0.1) is 0 Å². The summed E-state index contributed by atoms with van der Waals surface area (Å²) in [5.74, 6) is 2.55. The van der Waals surface area contributed by atoms with E-state index in [2.05, 4.69) is 13.8 Å². The maximum absolute atomic E-state index is 5.77. The Morgan fingerprint density at radius 3 is 2.50 bits per heavy atom. The van der Waals surface area contributed by atoms with Crippen molar-refractivity contribution < 1.29 is 13.9 Å². The molecule has 1 aromatic carbocycles. The van der Waals surface area contributed by atoms with Crippen LogP contribution < -0.4 is 9.47 Å². The Bertz CT molecular complexity index is 511. The highest BCUT2D eigenvalue weighted by atomic mass is 16.5. The van der Waals surface area contributed by atoms with Crippen molar-refractivity contribution in [3.8, 4) is 11.5 Å². The second kappa shape index (κ2) is 4.08. The molecule has 1 heterocycles. The molecule has 0 aliphatic rings. The zero-order valence-electron chi connectivity index (χ0n) is 10.1. The summed E-state index contributed by atoms with van der Waals surface area (Å²) in [5, 5.41) is 1.04. The molecule has 0 N–H and O–H groups in total. The lowest BCUT2D eigenvalue weighted by atomic mass is 10.1. The van der Waals surface area contributed by atoms with Crippen molar-refractivity contribution in [3.05, 3.63) is 23.5 Å². The molecule has 0 aliphatic carbocycles.